The summed E-state index contributed by atoms with van der Waals surface area (Å²) in [6, 6.07) is 7.60. The molecule has 2 N–H and O–H groups in total. The van der Waals surface area contributed by atoms with Crippen molar-refractivity contribution in [3.8, 4) is 0 Å². The number of nitrogens with zero attached hydrogens (tertiary/aromatic N) is 1. The van der Waals surface area contributed by atoms with Crippen LogP contribution in [0.1, 0.15) is 29.6 Å². The third-order valence-electron chi connectivity index (χ3n) is 3.43. The average molecular weight is 294 g/mol. The maximum Gasteiger partial charge on any atom is 0.254 e. The van der Waals surface area contributed by atoms with Gasteiger partial charge >= 0.3 is 0 Å². The van der Waals surface area contributed by atoms with Crippen molar-refractivity contribution in [2.45, 2.75) is 30.2 Å². The normalized spacial score (nSPS) is 19.2. The maximum atomic E-state index is 12.5. The number of thiocarbonyl (C=S) groups is 1. The predicted molar refractivity (Wildman–Crippen MR) is 83.7 cm³/mol. The highest BCUT2D eigenvalue weighted by atomic mass is 32.2. The summed E-state index contributed by atoms with van der Waals surface area (Å²) in [4.78, 5) is 15.9. The Labute approximate surface area is 123 Å². The molecule has 0 saturated carbocycles. The zero-order valence-electron chi connectivity index (χ0n) is 11.0. The monoisotopic (exact) mass is 294 g/mol. The highest BCUT2D eigenvalue weighted by Gasteiger charge is 2.29. The minimum absolute atomic E-state index is 0.0325. The molecule has 0 spiro atoms. The van der Waals surface area contributed by atoms with Gasteiger partial charge in [-0.2, -0.15) is 0 Å². The van der Waals surface area contributed by atoms with E-state index in [-0.39, 0.29) is 11.9 Å². The smallest absolute Gasteiger partial charge is 0.254 e. The Kier molecular flexibility index (Phi) is 4.82. The lowest BCUT2D eigenvalue weighted by Crippen LogP contribution is -2.49. The minimum Gasteiger partial charge on any atom is -0.392 e. The molecule has 0 aromatic heterocycles. The number of rotatable bonds is 3. The van der Waals surface area contributed by atoms with E-state index in [0.29, 0.717) is 10.6 Å². The van der Waals surface area contributed by atoms with Gasteiger partial charge in [0.25, 0.3) is 5.91 Å². The first kappa shape index (κ1) is 14.3. The van der Waals surface area contributed by atoms with Gasteiger partial charge in [-0.15, -0.1) is 11.8 Å². The molecule has 1 heterocycles. The number of nitrogens with two attached hydrogens (primary N) is 1. The van der Waals surface area contributed by atoms with Crippen LogP contribution >= 0.6 is 24.0 Å². The van der Waals surface area contributed by atoms with E-state index in [1.807, 2.05) is 35.4 Å². The van der Waals surface area contributed by atoms with Crippen molar-refractivity contribution in [2.24, 2.45) is 5.73 Å². The van der Waals surface area contributed by atoms with Crippen LogP contribution < -0.4 is 5.73 Å². The third kappa shape index (κ3) is 3.28. The van der Waals surface area contributed by atoms with Crippen LogP contribution in [0.4, 0.5) is 0 Å². The van der Waals surface area contributed by atoms with Crippen molar-refractivity contribution in [1.82, 2.24) is 4.90 Å². The molecule has 1 saturated heterocycles. The van der Waals surface area contributed by atoms with Crippen LogP contribution in [-0.4, -0.2) is 34.6 Å². The fourth-order valence-corrected chi connectivity index (χ4v) is 3.02. The molecule has 5 heteroatoms. The quantitative estimate of drug-likeness (QED) is 0.688. The Balaban J connectivity index is 2.18. The van der Waals surface area contributed by atoms with Crippen LogP contribution in [0.2, 0.25) is 0 Å². The average Bonchev–Trinajstić information content (AvgIpc) is 2.46. The Morgan fingerprint density at radius 3 is 2.63 bits per heavy atom. The van der Waals surface area contributed by atoms with Gasteiger partial charge in [-0.1, -0.05) is 12.2 Å². The number of hydrogen-bond acceptors (Lipinski definition) is 3. The van der Waals surface area contributed by atoms with Crippen molar-refractivity contribution in [3.63, 3.8) is 0 Å². The van der Waals surface area contributed by atoms with E-state index in [2.05, 4.69) is 0 Å². The number of hydrogen-bond donors (Lipinski definition) is 1. The molecule has 3 nitrogen and oxygen atoms in total. The lowest BCUT2D eigenvalue weighted by molar-refractivity contribution is 0.0681. The maximum absolute atomic E-state index is 12.5. The van der Waals surface area contributed by atoms with E-state index >= 15 is 0 Å². The van der Waals surface area contributed by atoms with E-state index in [1.165, 1.54) is 0 Å². The second-order valence-electron chi connectivity index (χ2n) is 4.64. The largest absolute Gasteiger partial charge is 0.392 e. The summed E-state index contributed by atoms with van der Waals surface area (Å²) in [5, 5.41) is 0. The van der Waals surface area contributed by atoms with Gasteiger partial charge in [0.05, 0.1) is 11.0 Å². The van der Waals surface area contributed by atoms with Gasteiger partial charge in [0.15, 0.2) is 0 Å². The van der Waals surface area contributed by atoms with Gasteiger partial charge in [-0.25, -0.2) is 0 Å². The molecule has 1 unspecified atom stereocenters. The van der Waals surface area contributed by atoms with Crippen LogP contribution in [0.15, 0.2) is 29.2 Å². The van der Waals surface area contributed by atoms with E-state index < -0.39 is 0 Å². The van der Waals surface area contributed by atoms with Crippen molar-refractivity contribution >= 4 is 34.9 Å². The van der Waals surface area contributed by atoms with Crippen LogP contribution in [-0.2, 0) is 0 Å². The number of likely N-dealkylation sites (tertiary alicyclic amines) is 1. The van der Waals surface area contributed by atoms with Crippen molar-refractivity contribution in [3.05, 3.63) is 29.8 Å². The zero-order chi connectivity index (χ0) is 13.8. The minimum atomic E-state index is -0.0866. The van der Waals surface area contributed by atoms with Crippen LogP contribution in [0.25, 0.3) is 0 Å². The van der Waals surface area contributed by atoms with Crippen molar-refractivity contribution < 1.29 is 4.79 Å². The molecule has 1 aromatic carbocycles. The number of piperidine rings is 1. The Bertz CT molecular complexity index is 473. The highest BCUT2D eigenvalue weighted by molar-refractivity contribution is 7.98. The lowest BCUT2D eigenvalue weighted by Gasteiger charge is -2.35. The molecular formula is C14H18N2OS2. The summed E-state index contributed by atoms with van der Waals surface area (Å²) >= 11 is 6.75. The first-order valence-electron chi connectivity index (χ1n) is 6.38. The molecule has 1 atom stereocenters. The van der Waals surface area contributed by atoms with Crippen LogP contribution in [0.3, 0.4) is 0 Å². The number of amides is 1. The van der Waals surface area contributed by atoms with Gasteiger partial charge in [-0.05, 0) is 49.8 Å². The lowest BCUT2D eigenvalue weighted by atomic mass is 10.0. The third-order valence-corrected chi connectivity index (χ3v) is 4.44. The molecule has 0 bridgehead atoms. The number of thioether (sulfide) groups is 1. The number of carbonyl (C=O) groups excluding carboxylic acids is 1. The highest BCUT2D eigenvalue weighted by Crippen LogP contribution is 2.21. The molecule has 0 aliphatic carbocycles. The first-order chi connectivity index (χ1) is 9.13. The molecule has 1 aromatic rings. The molecule has 19 heavy (non-hydrogen) atoms. The topological polar surface area (TPSA) is 46.3 Å². The summed E-state index contributed by atoms with van der Waals surface area (Å²) < 4.78 is 0. The van der Waals surface area contributed by atoms with Gasteiger partial charge in [0.1, 0.15) is 0 Å². The van der Waals surface area contributed by atoms with E-state index in [0.717, 1.165) is 30.7 Å². The summed E-state index contributed by atoms with van der Waals surface area (Å²) in [5.74, 6) is 0.0325. The molecule has 0 radical (unpaired) electrons. The van der Waals surface area contributed by atoms with Crippen LogP contribution in [0, 0.1) is 0 Å². The van der Waals surface area contributed by atoms with Gasteiger partial charge < -0.3 is 10.6 Å². The summed E-state index contributed by atoms with van der Waals surface area (Å²) in [7, 11) is 0. The molecular weight excluding hydrogens is 276 g/mol. The molecule has 1 fully saturated rings. The van der Waals surface area contributed by atoms with Gasteiger partial charge in [0, 0.05) is 17.0 Å². The summed E-state index contributed by atoms with van der Waals surface area (Å²) in [6.07, 6.45) is 5.00. The standard InChI is InChI=1S/C14H18N2OS2/c1-19-11-7-5-10(6-8-11)14(17)16-9-3-2-4-12(16)13(15)18/h5-8,12H,2-4,9H2,1H3,(H2,15,18). The van der Waals surface area contributed by atoms with Crippen molar-refractivity contribution in [1.29, 1.82) is 0 Å². The second kappa shape index (κ2) is 6.39. The van der Waals surface area contributed by atoms with Gasteiger partial charge in [0.2, 0.25) is 0 Å². The molecule has 1 aliphatic rings. The Hall–Kier alpha value is -1.07. The summed E-state index contributed by atoms with van der Waals surface area (Å²) in [6.45, 7) is 0.741. The van der Waals surface area contributed by atoms with E-state index in [9.17, 15) is 4.79 Å². The van der Waals surface area contributed by atoms with Gasteiger partial charge in [-0.3, -0.25) is 4.79 Å². The van der Waals surface area contributed by atoms with E-state index in [1.54, 1.807) is 11.8 Å². The molecule has 2 rings (SSSR count). The van der Waals surface area contributed by atoms with Crippen LogP contribution in [0.5, 0.6) is 0 Å². The fourth-order valence-electron chi connectivity index (χ4n) is 2.37. The van der Waals surface area contributed by atoms with Crippen molar-refractivity contribution in [2.75, 3.05) is 12.8 Å². The number of carbonyl (C=O) groups is 1. The molecule has 1 aliphatic heterocycles. The zero-order valence-corrected chi connectivity index (χ0v) is 12.6. The summed E-state index contributed by atoms with van der Waals surface area (Å²) in [5.41, 5.74) is 6.46. The molecule has 102 valence electrons. The Morgan fingerprint density at radius 1 is 1.37 bits per heavy atom. The SMILES string of the molecule is CSc1ccc(C(=O)N2CCCCC2C(N)=S)cc1. The fraction of sp³-hybridized carbons (Fsp3) is 0.429. The first-order valence-corrected chi connectivity index (χ1v) is 8.01. The molecule has 1 amide bonds. The second-order valence-corrected chi connectivity index (χ2v) is 5.99. The van der Waals surface area contributed by atoms with E-state index in [4.69, 9.17) is 18.0 Å². The Morgan fingerprint density at radius 2 is 2.05 bits per heavy atom. The predicted octanol–water partition coefficient (Wildman–Crippen LogP) is 2.69. The number of benzene rings is 1.